The molecule has 0 aromatic heterocycles. The van der Waals surface area contributed by atoms with Crippen LogP contribution in [0.15, 0.2) is 35.9 Å². The molecule has 18 heavy (non-hydrogen) atoms. The number of nitrogens with zero attached hydrogens (tertiary/aromatic N) is 1. The van der Waals surface area contributed by atoms with Crippen molar-refractivity contribution in [2.45, 2.75) is 26.2 Å². The highest BCUT2D eigenvalue weighted by molar-refractivity contribution is 5.87. The lowest BCUT2D eigenvalue weighted by Gasteiger charge is -2.22. The summed E-state index contributed by atoms with van der Waals surface area (Å²) in [5.74, 6) is -0.322. The maximum absolute atomic E-state index is 11.4. The van der Waals surface area contributed by atoms with Crippen LogP contribution in [0, 0.1) is 11.3 Å². The Morgan fingerprint density at radius 1 is 1.33 bits per heavy atom. The van der Waals surface area contributed by atoms with Crippen LogP contribution in [0.25, 0.3) is 0 Å². The molecule has 1 rings (SSSR count). The summed E-state index contributed by atoms with van der Waals surface area (Å²) < 4.78 is 4.68. The first-order chi connectivity index (χ1) is 8.40. The van der Waals surface area contributed by atoms with Crippen LogP contribution in [-0.4, -0.2) is 13.1 Å². The second-order valence-corrected chi connectivity index (χ2v) is 4.73. The Morgan fingerprint density at radius 3 is 2.33 bits per heavy atom. The van der Waals surface area contributed by atoms with E-state index < -0.39 is 0 Å². The van der Waals surface area contributed by atoms with E-state index in [2.05, 4.69) is 10.8 Å². The highest BCUT2D eigenvalue weighted by atomic mass is 16.5. The van der Waals surface area contributed by atoms with Gasteiger partial charge in [0.15, 0.2) is 0 Å². The largest absolute Gasteiger partial charge is 0.466 e. The molecule has 0 N–H and O–H groups in total. The molecule has 0 aliphatic rings. The minimum Gasteiger partial charge on any atom is -0.466 e. The molecule has 0 aliphatic carbocycles. The maximum Gasteiger partial charge on any atom is 0.333 e. The number of esters is 1. The van der Waals surface area contributed by atoms with Gasteiger partial charge in [-0.15, -0.1) is 0 Å². The van der Waals surface area contributed by atoms with Gasteiger partial charge in [0.05, 0.1) is 18.7 Å². The van der Waals surface area contributed by atoms with Gasteiger partial charge in [0.1, 0.15) is 0 Å². The fourth-order valence-electron chi connectivity index (χ4n) is 1.82. The number of nitriles is 1. The Kier molecular flexibility index (Phi) is 4.28. The number of carbonyl (C=O) groups is 1. The van der Waals surface area contributed by atoms with Gasteiger partial charge in [0, 0.05) is 11.0 Å². The van der Waals surface area contributed by atoms with Crippen molar-refractivity contribution in [2.75, 3.05) is 7.11 Å². The first kappa shape index (κ1) is 14.0. The summed E-state index contributed by atoms with van der Waals surface area (Å²) in [5.41, 5.74) is 1.96. The number of hydrogen-bond acceptors (Lipinski definition) is 3. The van der Waals surface area contributed by atoms with E-state index in [-0.39, 0.29) is 11.4 Å². The van der Waals surface area contributed by atoms with Crippen molar-refractivity contribution in [1.29, 1.82) is 5.26 Å². The summed E-state index contributed by atoms with van der Waals surface area (Å²) in [6, 6.07) is 9.44. The van der Waals surface area contributed by atoms with E-state index in [1.165, 1.54) is 7.11 Å². The highest BCUT2D eigenvalue weighted by Gasteiger charge is 2.19. The normalized spacial score (nSPS) is 11.8. The number of carbonyl (C=O) groups excluding carboxylic acids is 1. The smallest absolute Gasteiger partial charge is 0.333 e. The van der Waals surface area contributed by atoms with E-state index in [9.17, 15) is 4.79 Å². The van der Waals surface area contributed by atoms with E-state index >= 15 is 0 Å². The topological polar surface area (TPSA) is 50.1 Å². The van der Waals surface area contributed by atoms with E-state index in [1.807, 2.05) is 32.1 Å². The first-order valence-electron chi connectivity index (χ1n) is 5.69. The Hall–Kier alpha value is -2.08. The number of ether oxygens (including phenoxy) is 1. The van der Waals surface area contributed by atoms with Gasteiger partial charge in [0.25, 0.3) is 0 Å². The zero-order valence-electron chi connectivity index (χ0n) is 11.2. The van der Waals surface area contributed by atoms with E-state index in [0.29, 0.717) is 11.1 Å². The predicted octanol–water partition coefficient (Wildman–Crippen LogP) is 2.96. The molecule has 3 heteroatoms. The summed E-state index contributed by atoms with van der Waals surface area (Å²) in [7, 11) is 1.37. The second kappa shape index (κ2) is 5.50. The lowest BCUT2D eigenvalue weighted by molar-refractivity contribution is -0.136. The molecule has 0 bridgehead atoms. The minimum absolute atomic E-state index is 0.285. The van der Waals surface area contributed by atoms with Crippen LogP contribution in [0.2, 0.25) is 0 Å². The third kappa shape index (κ3) is 3.21. The van der Waals surface area contributed by atoms with Crippen molar-refractivity contribution >= 4 is 5.97 Å². The fourth-order valence-corrected chi connectivity index (χ4v) is 1.82. The Balaban J connectivity index is 3.05. The average molecular weight is 243 g/mol. The summed E-state index contributed by atoms with van der Waals surface area (Å²) >= 11 is 0. The number of benzene rings is 1. The molecule has 94 valence electrons. The van der Waals surface area contributed by atoms with Crippen molar-refractivity contribution in [3.63, 3.8) is 0 Å². The molecule has 0 radical (unpaired) electrons. The van der Waals surface area contributed by atoms with Crippen LogP contribution < -0.4 is 0 Å². The molecule has 1 aromatic rings. The van der Waals surface area contributed by atoms with Crippen LogP contribution in [0.3, 0.4) is 0 Å². The minimum atomic E-state index is -0.322. The zero-order chi connectivity index (χ0) is 13.8. The monoisotopic (exact) mass is 243 g/mol. The van der Waals surface area contributed by atoms with E-state index in [1.54, 1.807) is 19.1 Å². The molecule has 0 heterocycles. The molecule has 0 unspecified atom stereocenters. The molecular weight excluding hydrogens is 226 g/mol. The van der Waals surface area contributed by atoms with Gasteiger partial charge in [0.2, 0.25) is 0 Å². The SMILES string of the molecule is COC(=O)/C(C)=C/C(C)(C)c1ccc(C#N)cc1. The highest BCUT2D eigenvalue weighted by Crippen LogP contribution is 2.26. The Labute approximate surface area is 108 Å². The van der Waals surface area contributed by atoms with Crippen molar-refractivity contribution in [3.8, 4) is 6.07 Å². The molecule has 0 saturated carbocycles. The molecule has 3 nitrogen and oxygen atoms in total. The van der Waals surface area contributed by atoms with Crippen LogP contribution in [0.5, 0.6) is 0 Å². The molecule has 0 fully saturated rings. The average Bonchev–Trinajstić information content (AvgIpc) is 2.37. The molecule has 1 aromatic carbocycles. The summed E-state index contributed by atoms with van der Waals surface area (Å²) in [4.78, 5) is 11.4. The third-order valence-electron chi connectivity index (χ3n) is 2.84. The zero-order valence-corrected chi connectivity index (χ0v) is 11.2. The maximum atomic E-state index is 11.4. The fraction of sp³-hybridized carbons (Fsp3) is 0.333. The third-order valence-corrected chi connectivity index (χ3v) is 2.84. The van der Waals surface area contributed by atoms with Gasteiger partial charge in [-0.2, -0.15) is 5.26 Å². The number of allylic oxidation sites excluding steroid dienone is 1. The van der Waals surface area contributed by atoms with Crippen molar-refractivity contribution < 1.29 is 9.53 Å². The van der Waals surface area contributed by atoms with Gasteiger partial charge >= 0.3 is 5.97 Å². The lowest BCUT2D eigenvalue weighted by atomic mass is 9.83. The lowest BCUT2D eigenvalue weighted by Crippen LogP contribution is -2.16. The quantitative estimate of drug-likeness (QED) is 0.605. The summed E-state index contributed by atoms with van der Waals surface area (Å²) in [5, 5.41) is 8.76. The molecule has 0 spiro atoms. The molecule has 0 amide bonds. The number of rotatable bonds is 3. The standard InChI is InChI=1S/C15H17NO2/c1-11(14(17)18-4)9-15(2,3)13-7-5-12(10-16)6-8-13/h5-9H,1-4H3/b11-9+. The molecule has 0 aliphatic heterocycles. The van der Waals surface area contributed by atoms with Crippen LogP contribution in [-0.2, 0) is 14.9 Å². The summed E-state index contributed by atoms with van der Waals surface area (Å²) in [6.07, 6.45) is 1.88. The van der Waals surface area contributed by atoms with Gasteiger partial charge in [-0.3, -0.25) is 0 Å². The van der Waals surface area contributed by atoms with Crippen molar-refractivity contribution in [1.82, 2.24) is 0 Å². The summed E-state index contributed by atoms with van der Waals surface area (Å²) in [6.45, 7) is 5.76. The Bertz CT molecular complexity index is 504. The Morgan fingerprint density at radius 2 is 1.89 bits per heavy atom. The molecule has 0 atom stereocenters. The van der Waals surface area contributed by atoms with E-state index in [4.69, 9.17) is 5.26 Å². The molecular formula is C15H17NO2. The van der Waals surface area contributed by atoms with Crippen LogP contribution in [0.4, 0.5) is 0 Å². The first-order valence-corrected chi connectivity index (χ1v) is 5.69. The van der Waals surface area contributed by atoms with Crippen LogP contribution >= 0.6 is 0 Å². The second-order valence-electron chi connectivity index (χ2n) is 4.73. The van der Waals surface area contributed by atoms with Gasteiger partial charge < -0.3 is 4.74 Å². The predicted molar refractivity (Wildman–Crippen MR) is 70.0 cm³/mol. The van der Waals surface area contributed by atoms with Crippen molar-refractivity contribution in [3.05, 3.63) is 47.0 Å². The van der Waals surface area contributed by atoms with Gasteiger partial charge in [-0.1, -0.05) is 32.1 Å². The van der Waals surface area contributed by atoms with Gasteiger partial charge in [-0.25, -0.2) is 4.79 Å². The molecule has 0 saturated heterocycles. The van der Waals surface area contributed by atoms with Crippen LogP contribution in [0.1, 0.15) is 31.9 Å². The van der Waals surface area contributed by atoms with Crippen molar-refractivity contribution in [2.24, 2.45) is 0 Å². The number of methoxy groups -OCH3 is 1. The number of hydrogen-bond donors (Lipinski definition) is 0. The van der Waals surface area contributed by atoms with E-state index in [0.717, 1.165) is 5.56 Å². The van der Waals surface area contributed by atoms with Gasteiger partial charge in [-0.05, 0) is 24.6 Å².